The zero-order valence-electron chi connectivity index (χ0n) is 11.0. The Labute approximate surface area is 114 Å². The fourth-order valence-corrected chi connectivity index (χ4v) is 2.26. The van der Waals surface area contributed by atoms with Crippen LogP contribution in [0.5, 0.6) is 0 Å². The highest BCUT2D eigenvalue weighted by Crippen LogP contribution is 2.43. The fraction of sp³-hybridized carbons (Fsp3) is 0.429. The van der Waals surface area contributed by atoms with Crippen LogP contribution in [-0.4, -0.2) is 14.8 Å². The van der Waals surface area contributed by atoms with Gasteiger partial charge >= 0.3 is 6.18 Å². The van der Waals surface area contributed by atoms with E-state index in [9.17, 15) is 13.2 Å². The molecule has 0 spiro atoms. The van der Waals surface area contributed by atoms with E-state index >= 15 is 0 Å². The summed E-state index contributed by atoms with van der Waals surface area (Å²) in [6, 6.07) is 5.83. The van der Waals surface area contributed by atoms with E-state index in [0.717, 1.165) is 31.2 Å². The molecule has 1 aliphatic rings. The maximum absolute atomic E-state index is 12.6. The van der Waals surface area contributed by atoms with Crippen molar-refractivity contribution >= 4 is 0 Å². The van der Waals surface area contributed by atoms with E-state index in [0.29, 0.717) is 11.6 Å². The minimum atomic E-state index is -4.51. The second-order valence-corrected chi connectivity index (χ2v) is 5.03. The number of benzene rings is 1. The summed E-state index contributed by atoms with van der Waals surface area (Å²) in [6.45, 7) is 2.06. The Morgan fingerprint density at radius 2 is 2.05 bits per heavy atom. The van der Waals surface area contributed by atoms with Gasteiger partial charge in [-0.2, -0.15) is 13.2 Å². The first-order chi connectivity index (χ1) is 9.49. The van der Waals surface area contributed by atoms with E-state index in [1.807, 2.05) is 12.1 Å². The first-order valence-corrected chi connectivity index (χ1v) is 6.61. The van der Waals surface area contributed by atoms with Crippen molar-refractivity contribution in [2.24, 2.45) is 0 Å². The van der Waals surface area contributed by atoms with Gasteiger partial charge in [-0.15, -0.1) is 5.10 Å². The van der Waals surface area contributed by atoms with E-state index in [1.165, 1.54) is 10.2 Å². The molecule has 0 saturated heterocycles. The van der Waals surface area contributed by atoms with E-state index in [-0.39, 0.29) is 0 Å². The van der Waals surface area contributed by atoms with Crippen LogP contribution in [0.15, 0.2) is 24.5 Å². The van der Waals surface area contributed by atoms with Crippen LogP contribution in [-0.2, 0) is 12.6 Å². The predicted molar refractivity (Wildman–Crippen MR) is 67.7 cm³/mol. The van der Waals surface area contributed by atoms with Gasteiger partial charge in [0.15, 0.2) is 0 Å². The highest BCUT2D eigenvalue weighted by atomic mass is 19.4. The molecule has 0 unspecified atom stereocenters. The van der Waals surface area contributed by atoms with Crippen LogP contribution in [0.3, 0.4) is 0 Å². The monoisotopic (exact) mass is 281 g/mol. The van der Waals surface area contributed by atoms with Gasteiger partial charge < -0.3 is 0 Å². The summed E-state index contributed by atoms with van der Waals surface area (Å²) in [5, 5.41) is 3.56. The molecular weight excluding hydrogens is 267 g/mol. The van der Waals surface area contributed by atoms with E-state index < -0.39 is 12.0 Å². The normalized spacial score (nSPS) is 15.6. The largest absolute Gasteiger partial charge is 0.453 e. The lowest BCUT2D eigenvalue weighted by atomic mass is 10.0. The molecule has 1 aromatic heterocycles. The first-order valence-electron chi connectivity index (χ1n) is 6.61. The minimum absolute atomic E-state index is 0.440. The number of alkyl halides is 3. The smallest absolute Gasteiger partial charge is 0.220 e. The van der Waals surface area contributed by atoms with Crippen molar-refractivity contribution in [3.63, 3.8) is 0 Å². The van der Waals surface area contributed by atoms with Crippen molar-refractivity contribution in [3.05, 3.63) is 41.5 Å². The summed E-state index contributed by atoms with van der Waals surface area (Å²) in [5.41, 5.74) is 2.96. The Hall–Kier alpha value is -1.85. The molecule has 1 aliphatic carbocycles. The number of halogens is 3. The van der Waals surface area contributed by atoms with Gasteiger partial charge in [0.25, 0.3) is 5.82 Å². The van der Waals surface area contributed by atoms with Crippen molar-refractivity contribution in [2.45, 2.75) is 38.3 Å². The highest BCUT2D eigenvalue weighted by molar-refractivity contribution is 5.46. The Morgan fingerprint density at radius 3 is 2.60 bits per heavy atom. The third kappa shape index (κ3) is 2.42. The molecule has 3 nitrogen and oxygen atoms in total. The zero-order valence-corrected chi connectivity index (χ0v) is 11.0. The zero-order chi connectivity index (χ0) is 14.3. The lowest BCUT2D eigenvalue weighted by Gasteiger charge is -2.10. The van der Waals surface area contributed by atoms with Crippen LogP contribution in [0.2, 0.25) is 0 Å². The molecule has 0 amide bonds. The predicted octanol–water partition coefficient (Wildman–Crippen LogP) is 3.73. The molecule has 0 N–H and O–H groups in total. The molecule has 1 fully saturated rings. The number of hydrogen-bond acceptors (Lipinski definition) is 2. The summed E-state index contributed by atoms with van der Waals surface area (Å²) in [7, 11) is 0. The molecule has 1 aromatic carbocycles. The van der Waals surface area contributed by atoms with Gasteiger partial charge in [0.2, 0.25) is 0 Å². The number of nitrogens with zero attached hydrogens (tertiary/aromatic N) is 3. The van der Waals surface area contributed by atoms with Gasteiger partial charge in [-0.05, 0) is 42.4 Å². The SMILES string of the molecule is CCc1ccc(-n2cnc(C(F)(F)F)n2)c(C2CC2)c1. The molecule has 0 aliphatic heterocycles. The number of rotatable bonds is 3. The first kappa shape index (κ1) is 13.1. The average Bonchev–Trinajstić information content (AvgIpc) is 3.13. The molecule has 1 heterocycles. The molecule has 3 rings (SSSR count). The highest BCUT2D eigenvalue weighted by Gasteiger charge is 2.36. The second kappa shape index (κ2) is 4.61. The maximum atomic E-state index is 12.6. The van der Waals surface area contributed by atoms with E-state index in [2.05, 4.69) is 23.1 Å². The summed E-state index contributed by atoms with van der Waals surface area (Å²) >= 11 is 0. The molecular formula is C14H14F3N3. The molecule has 6 heteroatoms. The quantitative estimate of drug-likeness (QED) is 0.858. The summed E-state index contributed by atoms with van der Waals surface area (Å²) < 4.78 is 38.9. The van der Waals surface area contributed by atoms with Gasteiger partial charge in [0, 0.05) is 0 Å². The third-order valence-electron chi connectivity index (χ3n) is 3.51. The van der Waals surface area contributed by atoms with Gasteiger partial charge in [-0.1, -0.05) is 19.1 Å². The van der Waals surface area contributed by atoms with Crippen LogP contribution in [0.25, 0.3) is 5.69 Å². The van der Waals surface area contributed by atoms with Crippen LogP contribution in [0.4, 0.5) is 13.2 Å². The second-order valence-electron chi connectivity index (χ2n) is 5.03. The van der Waals surface area contributed by atoms with Crippen molar-refractivity contribution in [1.29, 1.82) is 0 Å². The molecule has 1 saturated carbocycles. The maximum Gasteiger partial charge on any atom is 0.453 e. The molecule has 0 atom stereocenters. The van der Waals surface area contributed by atoms with Crippen LogP contribution in [0, 0.1) is 0 Å². The summed E-state index contributed by atoms with van der Waals surface area (Å²) in [6.07, 6.45) is -0.294. The van der Waals surface area contributed by atoms with Crippen LogP contribution >= 0.6 is 0 Å². The fourth-order valence-electron chi connectivity index (χ4n) is 2.26. The summed E-state index contributed by atoms with van der Waals surface area (Å²) in [4.78, 5) is 3.35. The molecule has 0 radical (unpaired) electrons. The molecule has 0 bridgehead atoms. The van der Waals surface area contributed by atoms with Gasteiger partial charge in [0.05, 0.1) is 5.69 Å². The average molecular weight is 281 g/mol. The van der Waals surface area contributed by atoms with E-state index in [4.69, 9.17) is 0 Å². The standard InChI is InChI=1S/C14H14F3N3/c1-2-9-3-6-12(11(7-9)10-4-5-10)20-8-18-13(19-20)14(15,16)17/h3,6-8,10H,2,4-5H2,1H3. The van der Waals surface area contributed by atoms with Crippen molar-refractivity contribution in [2.75, 3.05) is 0 Å². The number of hydrogen-bond donors (Lipinski definition) is 0. The van der Waals surface area contributed by atoms with Gasteiger partial charge in [0.1, 0.15) is 6.33 Å². The Morgan fingerprint density at radius 1 is 1.30 bits per heavy atom. The Bertz CT molecular complexity index is 627. The lowest BCUT2D eigenvalue weighted by molar-refractivity contribution is -0.144. The van der Waals surface area contributed by atoms with Crippen molar-refractivity contribution in [1.82, 2.24) is 14.8 Å². The molecule has 106 valence electrons. The van der Waals surface area contributed by atoms with Gasteiger partial charge in [-0.3, -0.25) is 0 Å². The third-order valence-corrected chi connectivity index (χ3v) is 3.51. The van der Waals surface area contributed by atoms with Crippen LogP contribution < -0.4 is 0 Å². The summed E-state index contributed by atoms with van der Waals surface area (Å²) in [5.74, 6) is -0.658. The van der Waals surface area contributed by atoms with E-state index in [1.54, 1.807) is 0 Å². The Kier molecular flexibility index (Phi) is 3.03. The molecule has 20 heavy (non-hydrogen) atoms. The van der Waals surface area contributed by atoms with Gasteiger partial charge in [-0.25, -0.2) is 9.67 Å². The van der Waals surface area contributed by atoms with Crippen molar-refractivity contribution in [3.8, 4) is 5.69 Å². The number of aryl methyl sites for hydroxylation is 1. The van der Waals surface area contributed by atoms with Crippen molar-refractivity contribution < 1.29 is 13.2 Å². The van der Waals surface area contributed by atoms with Crippen LogP contribution in [0.1, 0.15) is 42.6 Å². The minimum Gasteiger partial charge on any atom is -0.220 e. The Balaban J connectivity index is 2.03. The number of aromatic nitrogens is 3. The topological polar surface area (TPSA) is 30.7 Å². The lowest BCUT2D eigenvalue weighted by Crippen LogP contribution is -2.09. The molecule has 2 aromatic rings.